The van der Waals surface area contributed by atoms with Crippen LogP contribution < -0.4 is 0 Å². The van der Waals surface area contributed by atoms with Crippen LogP contribution in [0.2, 0.25) is 0 Å². The number of Topliss-reactive ketones (excluding diaryl/α,β-unsaturated/α-hetero) is 1. The largest absolute Gasteiger partial charge is 0.292 e. The summed E-state index contributed by atoms with van der Waals surface area (Å²) >= 11 is 1.66. The molecular weight excluding hydrogens is 252 g/mol. The van der Waals surface area contributed by atoms with E-state index in [9.17, 15) is 4.79 Å². The van der Waals surface area contributed by atoms with Gasteiger partial charge in [0.2, 0.25) is 0 Å². The van der Waals surface area contributed by atoms with Gasteiger partial charge in [-0.2, -0.15) is 0 Å². The summed E-state index contributed by atoms with van der Waals surface area (Å²) in [4.78, 5) is 13.4. The molecular formula is C17H18OS. The first kappa shape index (κ1) is 13.9. The molecule has 1 atom stereocenters. The summed E-state index contributed by atoms with van der Waals surface area (Å²) in [6.07, 6.45) is 0. The van der Waals surface area contributed by atoms with Crippen LogP contribution in [0.4, 0.5) is 0 Å². The Morgan fingerprint density at radius 1 is 1.00 bits per heavy atom. The number of carbonyl (C=O) groups is 1. The zero-order valence-corrected chi connectivity index (χ0v) is 12.3. The molecule has 0 fully saturated rings. The quantitative estimate of drug-likeness (QED) is 0.721. The number of carbonyl (C=O) groups excluding carboxylic acids is 1. The van der Waals surface area contributed by atoms with Crippen molar-refractivity contribution in [2.24, 2.45) is 0 Å². The summed E-state index contributed by atoms with van der Waals surface area (Å²) in [5.74, 6) is 0.236. The Morgan fingerprint density at radius 3 is 2.37 bits per heavy atom. The number of rotatable bonds is 1. The average molecular weight is 270 g/mol. The minimum atomic E-state index is -0.0620. The Balaban J connectivity index is 0.000000637. The summed E-state index contributed by atoms with van der Waals surface area (Å²) in [7, 11) is 0. The molecule has 0 aliphatic carbocycles. The van der Waals surface area contributed by atoms with Gasteiger partial charge in [0.15, 0.2) is 5.78 Å². The number of thioether (sulfide) groups is 1. The van der Waals surface area contributed by atoms with Gasteiger partial charge >= 0.3 is 0 Å². The van der Waals surface area contributed by atoms with Crippen LogP contribution in [0.5, 0.6) is 0 Å². The summed E-state index contributed by atoms with van der Waals surface area (Å²) in [6.45, 7) is 6.02. The number of ketones is 1. The molecule has 19 heavy (non-hydrogen) atoms. The maximum Gasteiger partial charge on any atom is 0.181 e. The van der Waals surface area contributed by atoms with E-state index in [2.05, 4.69) is 12.1 Å². The van der Waals surface area contributed by atoms with E-state index in [1.54, 1.807) is 11.8 Å². The number of hydrogen-bond donors (Lipinski definition) is 0. The lowest BCUT2D eigenvalue weighted by atomic mass is 10.0. The molecule has 0 spiro atoms. The fourth-order valence-corrected chi connectivity index (χ4v) is 3.32. The summed E-state index contributed by atoms with van der Waals surface area (Å²) in [5.41, 5.74) is 3.12. The highest BCUT2D eigenvalue weighted by molar-refractivity contribution is 8.00. The molecule has 3 rings (SSSR count). The van der Waals surface area contributed by atoms with E-state index in [1.165, 1.54) is 0 Å². The van der Waals surface area contributed by atoms with Crippen molar-refractivity contribution in [3.63, 3.8) is 0 Å². The molecule has 0 saturated heterocycles. The van der Waals surface area contributed by atoms with Gasteiger partial charge in [-0.25, -0.2) is 0 Å². The van der Waals surface area contributed by atoms with Crippen molar-refractivity contribution in [1.29, 1.82) is 0 Å². The minimum Gasteiger partial charge on any atom is -0.292 e. The van der Waals surface area contributed by atoms with Gasteiger partial charge in [0, 0.05) is 10.5 Å². The monoisotopic (exact) mass is 270 g/mol. The first-order valence-electron chi connectivity index (χ1n) is 6.62. The summed E-state index contributed by atoms with van der Waals surface area (Å²) in [5, 5.41) is -0.0620. The lowest BCUT2D eigenvalue weighted by Gasteiger charge is -2.06. The first-order valence-corrected chi connectivity index (χ1v) is 7.50. The number of fused-ring (bicyclic) bond motifs is 1. The van der Waals surface area contributed by atoms with Crippen LogP contribution in [-0.4, -0.2) is 5.78 Å². The highest BCUT2D eigenvalue weighted by Crippen LogP contribution is 2.46. The first-order chi connectivity index (χ1) is 9.25. The molecule has 98 valence electrons. The number of aryl methyl sites for hydroxylation is 1. The van der Waals surface area contributed by atoms with Crippen molar-refractivity contribution in [2.75, 3.05) is 0 Å². The zero-order chi connectivity index (χ0) is 13.8. The molecule has 1 unspecified atom stereocenters. The molecule has 1 nitrogen and oxygen atoms in total. The van der Waals surface area contributed by atoms with Crippen LogP contribution in [0.1, 0.15) is 40.6 Å². The van der Waals surface area contributed by atoms with E-state index >= 15 is 0 Å². The van der Waals surface area contributed by atoms with Gasteiger partial charge in [0.05, 0.1) is 5.25 Å². The molecule has 2 heteroatoms. The lowest BCUT2D eigenvalue weighted by Crippen LogP contribution is -2.03. The van der Waals surface area contributed by atoms with E-state index in [0.29, 0.717) is 0 Å². The second-order valence-corrected chi connectivity index (χ2v) is 5.42. The van der Waals surface area contributed by atoms with Crippen molar-refractivity contribution in [2.45, 2.75) is 30.9 Å². The minimum absolute atomic E-state index is 0.0620. The van der Waals surface area contributed by atoms with Crippen LogP contribution >= 0.6 is 11.8 Å². The Kier molecular flexibility index (Phi) is 4.43. The topological polar surface area (TPSA) is 17.1 Å². The predicted octanol–water partition coefficient (Wildman–Crippen LogP) is 5.05. The van der Waals surface area contributed by atoms with Crippen LogP contribution in [0.3, 0.4) is 0 Å². The Morgan fingerprint density at radius 2 is 1.68 bits per heavy atom. The van der Waals surface area contributed by atoms with E-state index in [4.69, 9.17) is 0 Å². The van der Waals surface area contributed by atoms with Gasteiger partial charge in [0.25, 0.3) is 0 Å². The smallest absolute Gasteiger partial charge is 0.181 e. The molecule has 0 N–H and O–H groups in total. The highest BCUT2D eigenvalue weighted by atomic mass is 32.2. The third-order valence-corrected chi connectivity index (χ3v) is 4.32. The van der Waals surface area contributed by atoms with E-state index in [0.717, 1.165) is 21.6 Å². The molecule has 0 aromatic heterocycles. The second kappa shape index (κ2) is 6.07. The van der Waals surface area contributed by atoms with Gasteiger partial charge in [0.1, 0.15) is 0 Å². The van der Waals surface area contributed by atoms with Crippen molar-refractivity contribution in [3.05, 3.63) is 65.2 Å². The second-order valence-electron chi connectivity index (χ2n) is 4.27. The molecule has 0 bridgehead atoms. The standard InChI is InChI=1S/C15H12OS.C2H6/c1-10-7-8-13-12(9-10)14(16)15(17-13)11-5-3-2-4-6-11;1-2/h2-9,15H,1H3;1-2H3. The third kappa shape index (κ3) is 2.74. The van der Waals surface area contributed by atoms with Crippen LogP contribution in [-0.2, 0) is 0 Å². The van der Waals surface area contributed by atoms with Crippen molar-refractivity contribution >= 4 is 17.5 Å². The van der Waals surface area contributed by atoms with Gasteiger partial charge in [-0.3, -0.25) is 4.79 Å². The maximum absolute atomic E-state index is 12.3. The summed E-state index contributed by atoms with van der Waals surface area (Å²) in [6, 6.07) is 16.1. The Hall–Kier alpha value is -1.54. The molecule has 2 aromatic rings. The Labute approximate surface area is 119 Å². The third-order valence-electron chi connectivity index (χ3n) is 2.99. The van der Waals surface area contributed by atoms with E-state index in [-0.39, 0.29) is 11.0 Å². The van der Waals surface area contributed by atoms with Crippen molar-refractivity contribution in [1.82, 2.24) is 0 Å². The predicted molar refractivity (Wildman–Crippen MR) is 81.9 cm³/mol. The summed E-state index contributed by atoms with van der Waals surface area (Å²) < 4.78 is 0. The van der Waals surface area contributed by atoms with Crippen LogP contribution in [0, 0.1) is 6.92 Å². The van der Waals surface area contributed by atoms with Gasteiger partial charge < -0.3 is 0 Å². The van der Waals surface area contributed by atoms with Crippen molar-refractivity contribution in [3.8, 4) is 0 Å². The van der Waals surface area contributed by atoms with E-state index in [1.807, 2.05) is 57.2 Å². The lowest BCUT2D eigenvalue weighted by molar-refractivity contribution is 0.0991. The molecule has 0 saturated carbocycles. The molecule has 0 radical (unpaired) electrons. The van der Waals surface area contributed by atoms with Gasteiger partial charge in [-0.05, 0) is 24.6 Å². The van der Waals surface area contributed by atoms with Gasteiger partial charge in [-0.1, -0.05) is 55.8 Å². The maximum atomic E-state index is 12.3. The Bertz CT molecular complexity index is 575. The fraction of sp³-hybridized carbons (Fsp3) is 0.235. The number of hydrogen-bond acceptors (Lipinski definition) is 2. The van der Waals surface area contributed by atoms with Crippen LogP contribution in [0.15, 0.2) is 53.4 Å². The van der Waals surface area contributed by atoms with Gasteiger partial charge in [-0.15, -0.1) is 11.8 Å². The van der Waals surface area contributed by atoms with Crippen LogP contribution in [0.25, 0.3) is 0 Å². The molecule has 2 aromatic carbocycles. The van der Waals surface area contributed by atoms with Crippen molar-refractivity contribution < 1.29 is 4.79 Å². The normalized spacial score (nSPS) is 16.6. The van der Waals surface area contributed by atoms with E-state index < -0.39 is 0 Å². The average Bonchev–Trinajstić information content (AvgIpc) is 2.79. The fourth-order valence-electron chi connectivity index (χ4n) is 2.11. The zero-order valence-electron chi connectivity index (χ0n) is 11.5. The molecule has 1 aliphatic rings. The highest BCUT2D eigenvalue weighted by Gasteiger charge is 2.32. The number of benzene rings is 2. The molecule has 0 amide bonds. The molecule has 1 aliphatic heterocycles. The SMILES string of the molecule is CC.Cc1ccc2c(c1)C(=O)C(c1ccccc1)S2. The molecule has 1 heterocycles.